The highest BCUT2D eigenvalue weighted by atomic mass is 35.5. The van der Waals surface area contributed by atoms with E-state index >= 15 is 0 Å². The Hall–Kier alpha value is -0.0900. The van der Waals surface area contributed by atoms with Crippen LogP contribution in [-0.2, 0) is 4.74 Å². The Bertz CT molecular complexity index is 355. The van der Waals surface area contributed by atoms with E-state index in [9.17, 15) is 0 Å². The summed E-state index contributed by atoms with van der Waals surface area (Å²) < 4.78 is 5.80. The van der Waals surface area contributed by atoms with Crippen LogP contribution in [0.2, 0.25) is 5.02 Å². The van der Waals surface area contributed by atoms with Crippen LogP contribution in [0.5, 0.6) is 0 Å². The van der Waals surface area contributed by atoms with Crippen molar-refractivity contribution in [3.05, 3.63) is 21.3 Å². The Morgan fingerprint density at radius 2 is 2.41 bits per heavy atom. The molecule has 0 bridgehead atoms. The van der Waals surface area contributed by atoms with E-state index < -0.39 is 0 Å². The molecule has 0 aliphatic carbocycles. The summed E-state index contributed by atoms with van der Waals surface area (Å²) in [7, 11) is 0. The number of thiophene rings is 1. The summed E-state index contributed by atoms with van der Waals surface area (Å²) in [6, 6.07) is 2.34. The third kappa shape index (κ3) is 2.84. The maximum atomic E-state index is 6.27. The zero-order valence-corrected chi connectivity index (χ0v) is 12.0. The molecule has 96 valence electrons. The van der Waals surface area contributed by atoms with Gasteiger partial charge in [-0.05, 0) is 30.8 Å². The van der Waals surface area contributed by atoms with E-state index in [-0.39, 0.29) is 0 Å². The summed E-state index contributed by atoms with van der Waals surface area (Å²) in [6.07, 6.45) is 2.58. The second-order valence-electron chi connectivity index (χ2n) is 4.44. The Labute approximate surface area is 112 Å². The summed E-state index contributed by atoms with van der Waals surface area (Å²) in [4.78, 5) is 1.27. The number of nitrogens with one attached hydrogen (secondary N) is 1. The highest BCUT2D eigenvalue weighted by Gasteiger charge is 2.35. The lowest BCUT2D eigenvalue weighted by Gasteiger charge is -2.27. The van der Waals surface area contributed by atoms with Crippen molar-refractivity contribution in [2.24, 2.45) is 5.92 Å². The first kappa shape index (κ1) is 13.3. The molecule has 3 atom stereocenters. The SMILES string of the molecule is CCNC(c1sccc1Cl)C1CCOC1CC. The topological polar surface area (TPSA) is 21.3 Å². The van der Waals surface area contributed by atoms with E-state index in [1.54, 1.807) is 11.3 Å². The van der Waals surface area contributed by atoms with Gasteiger partial charge in [-0.2, -0.15) is 0 Å². The summed E-state index contributed by atoms with van der Waals surface area (Å²) in [5.74, 6) is 0.552. The fraction of sp³-hybridized carbons (Fsp3) is 0.692. The second kappa shape index (κ2) is 6.19. The zero-order chi connectivity index (χ0) is 12.3. The van der Waals surface area contributed by atoms with Crippen molar-refractivity contribution in [2.75, 3.05) is 13.2 Å². The summed E-state index contributed by atoms with van der Waals surface area (Å²) in [5.41, 5.74) is 0. The minimum absolute atomic E-state index is 0.347. The maximum absolute atomic E-state index is 6.27. The van der Waals surface area contributed by atoms with Gasteiger partial charge in [0.15, 0.2) is 0 Å². The van der Waals surface area contributed by atoms with E-state index in [1.165, 1.54) is 4.88 Å². The van der Waals surface area contributed by atoms with Crippen molar-refractivity contribution in [1.29, 1.82) is 0 Å². The molecular formula is C13H20ClNOS. The first-order chi connectivity index (χ1) is 8.27. The van der Waals surface area contributed by atoms with Gasteiger partial charge in [-0.15, -0.1) is 11.3 Å². The molecule has 0 radical (unpaired) electrons. The van der Waals surface area contributed by atoms with E-state index in [4.69, 9.17) is 16.3 Å². The lowest BCUT2D eigenvalue weighted by molar-refractivity contribution is 0.0779. The monoisotopic (exact) mass is 273 g/mol. The first-order valence-electron chi connectivity index (χ1n) is 6.35. The predicted molar refractivity (Wildman–Crippen MR) is 73.9 cm³/mol. The molecule has 2 nitrogen and oxygen atoms in total. The number of rotatable bonds is 5. The standard InChI is InChI=1S/C13H20ClNOS/c1-3-11-9(5-7-16-11)12(15-4-2)13-10(14)6-8-17-13/h6,8-9,11-12,15H,3-5,7H2,1-2H3. The quantitative estimate of drug-likeness (QED) is 0.879. The molecule has 2 rings (SSSR count). The van der Waals surface area contributed by atoms with Crippen LogP contribution in [0.4, 0.5) is 0 Å². The molecule has 4 heteroatoms. The van der Waals surface area contributed by atoms with Crippen LogP contribution in [0.3, 0.4) is 0 Å². The van der Waals surface area contributed by atoms with Crippen LogP contribution in [0, 0.1) is 5.92 Å². The van der Waals surface area contributed by atoms with Gasteiger partial charge in [-0.25, -0.2) is 0 Å². The normalized spacial score (nSPS) is 26.3. The number of hydrogen-bond donors (Lipinski definition) is 1. The van der Waals surface area contributed by atoms with Crippen LogP contribution in [0.15, 0.2) is 11.4 Å². The number of ether oxygens (including phenoxy) is 1. The van der Waals surface area contributed by atoms with E-state index in [1.807, 2.05) is 6.07 Å². The van der Waals surface area contributed by atoms with E-state index in [0.29, 0.717) is 18.1 Å². The summed E-state index contributed by atoms with van der Waals surface area (Å²) >= 11 is 8.02. The molecule has 0 amide bonds. The fourth-order valence-electron chi connectivity index (χ4n) is 2.65. The molecule has 1 N–H and O–H groups in total. The summed E-state index contributed by atoms with van der Waals surface area (Å²) in [5, 5.41) is 6.54. The van der Waals surface area contributed by atoms with Crippen molar-refractivity contribution in [2.45, 2.75) is 38.8 Å². The Balaban J connectivity index is 2.20. The van der Waals surface area contributed by atoms with E-state index in [2.05, 4.69) is 24.5 Å². The van der Waals surface area contributed by atoms with Crippen molar-refractivity contribution < 1.29 is 4.74 Å². The minimum atomic E-state index is 0.347. The van der Waals surface area contributed by atoms with Crippen LogP contribution in [0.1, 0.15) is 37.6 Å². The Kier molecular flexibility index (Phi) is 4.86. The lowest BCUT2D eigenvalue weighted by atomic mass is 9.90. The lowest BCUT2D eigenvalue weighted by Crippen LogP contribution is -2.32. The van der Waals surface area contributed by atoms with Gasteiger partial charge in [0.05, 0.1) is 11.1 Å². The van der Waals surface area contributed by atoms with Gasteiger partial charge in [0.1, 0.15) is 0 Å². The van der Waals surface area contributed by atoms with Gasteiger partial charge in [0.2, 0.25) is 0 Å². The maximum Gasteiger partial charge on any atom is 0.0620 e. The molecule has 3 unspecified atom stereocenters. The van der Waals surface area contributed by atoms with Gasteiger partial charge >= 0.3 is 0 Å². The van der Waals surface area contributed by atoms with Gasteiger partial charge in [-0.3, -0.25) is 0 Å². The van der Waals surface area contributed by atoms with Crippen LogP contribution in [-0.4, -0.2) is 19.3 Å². The van der Waals surface area contributed by atoms with E-state index in [0.717, 1.165) is 31.0 Å². The van der Waals surface area contributed by atoms with Gasteiger partial charge in [-0.1, -0.05) is 25.4 Å². The number of halogens is 1. The second-order valence-corrected chi connectivity index (χ2v) is 5.79. The molecule has 1 aromatic heterocycles. The smallest absolute Gasteiger partial charge is 0.0620 e. The zero-order valence-electron chi connectivity index (χ0n) is 10.4. The molecule has 1 fully saturated rings. The predicted octanol–water partition coefficient (Wildman–Crippen LogP) is 3.87. The first-order valence-corrected chi connectivity index (χ1v) is 7.61. The molecule has 1 saturated heterocycles. The number of hydrogen-bond acceptors (Lipinski definition) is 3. The van der Waals surface area contributed by atoms with Crippen molar-refractivity contribution in [1.82, 2.24) is 5.32 Å². The van der Waals surface area contributed by atoms with Crippen LogP contribution < -0.4 is 5.32 Å². The Morgan fingerprint density at radius 3 is 3.00 bits per heavy atom. The fourth-order valence-corrected chi connectivity index (χ4v) is 3.98. The molecule has 1 aliphatic heterocycles. The largest absolute Gasteiger partial charge is 0.378 e. The third-order valence-electron chi connectivity index (χ3n) is 3.44. The Morgan fingerprint density at radius 1 is 1.59 bits per heavy atom. The molecule has 0 spiro atoms. The van der Waals surface area contributed by atoms with Crippen molar-refractivity contribution in [3.63, 3.8) is 0 Å². The van der Waals surface area contributed by atoms with Crippen molar-refractivity contribution >= 4 is 22.9 Å². The molecule has 0 aromatic carbocycles. The highest BCUT2D eigenvalue weighted by molar-refractivity contribution is 7.10. The van der Waals surface area contributed by atoms with Gasteiger partial charge < -0.3 is 10.1 Å². The minimum Gasteiger partial charge on any atom is -0.378 e. The molecular weight excluding hydrogens is 254 g/mol. The van der Waals surface area contributed by atoms with Gasteiger partial charge in [0, 0.05) is 23.4 Å². The third-order valence-corrected chi connectivity index (χ3v) is 4.88. The average Bonchev–Trinajstić information content (AvgIpc) is 2.94. The highest BCUT2D eigenvalue weighted by Crippen LogP contribution is 2.39. The molecule has 1 aliphatic rings. The van der Waals surface area contributed by atoms with Crippen molar-refractivity contribution in [3.8, 4) is 0 Å². The van der Waals surface area contributed by atoms with Crippen LogP contribution in [0.25, 0.3) is 0 Å². The molecule has 1 aromatic rings. The molecule has 0 saturated carbocycles. The molecule has 17 heavy (non-hydrogen) atoms. The molecule has 2 heterocycles. The summed E-state index contributed by atoms with van der Waals surface area (Å²) in [6.45, 7) is 6.19. The van der Waals surface area contributed by atoms with Gasteiger partial charge in [0.25, 0.3) is 0 Å². The van der Waals surface area contributed by atoms with Crippen LogP contribution >= 0.6 is 22.9 Å². The average molecular weight is 274 g/mol.